The van der Waals surface area contributed by atoms with Gasteiger partial charge in [0.05, 0.1) is 19.0 Å². The van der Waals surface area contributed by atoms with Gasteiger partial charge in [0.2, 0.25) is 0 Å². The lowest BCUT2D eigenvalue weighted by molar-refractivity contribution is -0.212. The number of ether oxygens (including phenoxy) is 1. The van der Waals surface area contributed by atoms with Crippen molar-refractivity contribution in [3.8, 4) is 11.1 Å². The second kappa shape index (κ2) is 8.96. The first-order valence-corrected chi connectivity index (χ1v) is 11.9. The van der Waals surface area contributed by atoms with Crippen LogP contribution in [0.4, 0.5) is 28.2 Å². The number of piperazine rings is 1. The zero-order valence-corrected chi connectivity index (χ0v) is 19.5. The summed E-state index contributed by atoms with van der Waals surface area (Å²) in [7, 11) is 0. The van der Waals surface area contributed by atoms with Crippen molar-refractivity contribution < 1.29 is 27.1 Å². The number of hydrogen-bond acceptors (Lipinski definition) is 6. The van der Waals surface area contributed by atoms with E-state index in [9.17, 15) is 22.4 Å². The van der Waals surface area contributed by atoms with Crippen LogP contribution in [-0.4, -0.2) is 82.6 Å². The summed E-state index contributed by atoms with van der Waals surface area (Å²) in [5, 5.41) is 3.38. The Morgan fingerprint density at radius 2 is 1.94 bits per heavy atom. The Kier molecular flexibility index (Phi) is 6.10. The number of likely N-dealkylation sites (tertiary alicyclic amines) is 1. The first-order chi connectivity index (χ1) is 16.7. The summed E-state index contributed by atoms with van der Waals surface area (Å²) in [5.74, 6) is -0.157. The van der Waals surface area contributed by atoms with E-state index in [4.69, 9.17) is 4.74 Å². The van der Waals surface area contributed by atoms with Crippen LogP contribution >= 0.6 is 0 Å². The minimum absolute atomic E-state index is 0.0889. The molecule has 1 amide bonds. The van der Waals surface area contributed by atoms with Crippen molar-refractivity contribution in [2.45, 2.75) is 38.5 Å². The van der Waals surface area contributed by atoms with Crippen molar-refractivity contribution >= 4 is 11.9 Å². The molecule has 0 radical (unpaired) electrons. The van der Waals surface area contributed by atoms with Gasteiger partial charge in [-0.25, -0.2) is 14.2 Å². The lowest BCUT2D eigenvalue weighted by Crippen LogP contribution is -2.58. The number of amides is 1. The van der Waals surface area contributed by atoms with Crippen LogP contribution in [0.3, 0.4) is 0 Å². The van der Waals surface area contributed by atoms with Gasteiger partial charge >= 0.3 is 12.4 Å². The third kappa shape index (κ3) is 4.67. The normalized spacial score (nSPS) is 22.5. The highest BCUT2D eigenvalue weighted by atomic mass is 19.4. The Balaban J connectivity index is 1.22. The number of nitrogens with zero attached hydrogens (tertiary/aromatic N) is 6. The second-order valence-corrected chi connectivity index (χ2v) is 9.64. The highest BCUT2D eigenvalue weighted by Gasteiger charge is 2.51. The van der Waals surface area contributed by atoms with Gasteiger partial charge in [0, 0.05) is 68.0 Å². The number of rotatable bonds is 4. The molecule has 2 saturated heterocycles. The molecule has 2 aromatic rings. The maximum absolute atomic E-state index is 14.0. The summed E-state index contributed by atoms with van der Waals surface area (Å²) in [6.45, 7) is 6.51. The number of pyridine rings is 1. The van der Waals surface area contributed by atoms with Crippen molar-refractivity contribution in [3.05, 3.63) is 30.5 Å². The molecule has 190 valence electrons. The molecule has 4 heterocycles. The molecule has 8 nitrogen and oxygen atoms in total. The van der Waals surface area contributed by atoms with E-state index in [1.165, 1.54) is 6.07 Å². The molecule has 1 saturated carbocycles. The maximum atomic E-state index is 14.0. The van der Waals surface area contributed by atoms with E-state index in [2.05, 4.69) is 15.0 Å². The molecule has 0 N–H and O–H groups in total. The first kappa shape index (κ1) is 23.8. The Hall–Kier alpha value is -2.89. The molecule has 2 aliphatic heterocycles. The fraction of sp³-hybridized carbons (Fsp3) is 0.609. The average Bonchev–Trinajstić information content (AvgIpc) is 3.47. The standard InChI is InChI=1S/C23H28F4N6O2/c1-2-35-21(34)32-14-22(15-32)4-3-18(10-22)30-5-7-31(8-6-30)20-19(9-17(24)12-28-20)16-11-29-33(13-16)23(25,26)27/h9,11-13,18H,2-8,10,14-15H2,1H3/t18-/m1/s1. The van der Waals surface area contributed by atoms with Crippen molar-refractivity contribution in [1.82, 2.24) is 24.6 Å². The van der Waals surface area contributed by atoms with Crippen LogP contribution in [0.5, 0.6) is 0 Å². The summed E-state index contributed by atoms with van der Waals surface area (Å²) < 4.78 is 57.9. The maximum Gasteiger partial charge on any atom is 0.504 e. The topological polar surface area (TPSA) is 66.7 Å². The monoisotopic (exact) mass is 496 g/mol. The highest BCUT2D eigenvalue weighted by Crippen LogP contribution is 2.47. The van der Waals surface area contributed by atoms with Crippen molar-refractivity contribution in [3.63, 3.8) is 0 Å². The van der Waals surface area contributed by atoms with E-state index in [-0.39, 0.29) is 21.8 Å². The zero-order chi connectivity index (χ0) is 24.8. The first-order valence-electron chi connectivity index (χ1n) is 11.9. The molecule has 0 unspecified atom stereocenters. The van der Waals surface area contributed by atoms with Crippen LogP contribution in [0.25, 0.3) is 11.1 Å². The van der Waals surface area contributed by atoms with Crippen molar-refractivity contribution in [2.24, 2.45) is 5.41 Å². The Morgan fingerprint density at radius 3 is 2.60 bits per heavy atom. The molecule has 1 atom stereocenters. The second-order valence-electron chi connectivity index (χ2n) is 9.64. The predicted molar refractivity (Wildman–Crippen MR) is 119 cm³/mol. The number of hydrogen-bond donors (Lipinski definition) is 0. The SMILES string of the molecule is CCOC(=O)N1CC2(CC[C@@H](N3CCN(c4ncc(F)cc4-c4cnn(C(F)(F)F)c4)CC3)C2)C1. The average molecular weight is 497 g/mol. The van der Waals surface area contributed by atoms with Crippen LogP contribution in [0, 0.1) is 11.2 Å². The quantitative estimate of drug-likeness (QED) is 0.602. The van der Waals surface area contributed by atoms with E-state index in [1.807, 2.05) is 4.90 Å². The zero-order valence-electron chi connectivity index (χ0n) is 19.5. The molecule has 1 spiro atoms. The number of alkyl halides is 3. The molecule has 0 aromatic carbocycles. The van der Waals surface area contributed by atoms with Gasteiger partial charge in [0.25, 0.3) is 0 Å². The van der Waals surface area contributed by atoms with Gasteiger partial charge < -0.3 is 14.5 Å². The Morgan fingerprint density at radius 1 is 1.20 bits per heavy atom. The van der Waals surface area contributed by atoms with Gasteiger partial charge in [0.1, 0.15) is 11.6 Å². The van der Waals surface area contributed by atoms with Gasteiger partial charge in [-0.05, 0) is 32.3 Å². The van der Waals surface area contributed by atoms with Gasteiger partial charge in [0.15, 0.2) is 0 Å². The largest absolute Gasteiger partial charge is 0.504 e. The minimum atomic E-state index is -4.64. The molecule has 2 aromatic heterocycles. The lowest BCUT2D eigenvalue weighted by Gasteiger charge is -2.48. The van der Waals surface area contributed by atoms with Crippen LogP contribution in [0.1, 0.15) is 26.2 Å². The summed E-state index contributed by atoms with van der Waals surface area (Å²) in [5.41, 5.74) is 0.640. The number of anilines is 1. The van der Waals surface area contributed by atoms with Crippen molar-refractivity contribution in [1.29, 1.82) is 0 Å². The Labute approximate surface area is 200 Å². The molecule has 0 bridgehead atoms. The van der Waals surface area contributed by atoms with Crippen molar-refractivity contribution in [2.75, 3.05) is 50.8 Å². The van der Waals surface area contributed by atoms with Crippen LogP contribution in [0.2, 0.25) is 0 Å². The van der Waals surface area contributed by atoms with Crippen LogP contribution < -0.4 is 4.90 Å². The number of aromatic nitrogens is 3. The smallest absolute Gasteiger partial charge is 0.450 e. The summed E-state index contributed by atoms with van der Waals surface area (Å²) >= 11 is 0. The molecular formula is C23H28F4N6O2. The summed E-state index contributed by atoms with van der Waals surface area (Å²) in [4.78, 5) is 22.4. The summed E-state index contributed by atoms with van der Waals surface area (Å²) in [6, 6.07) is 1.64. The number of carbonyl (C=O) groups is 1. The minimum Gasteiger partial charge on any atom is -0.450 e. The number of carbonyl (C=O) groups excluding carboxylic acids is 1. The fourth-order valence-electron chi connectivity index (χ4n) is 5.68. The lowest BCUT2D eigenvalue weighted by atomic mass is 9.78. The Bertz CT molecular complexity index is 1080. The molecule has 3 fully saturated rings. The van der Waals surface area contributed by atoms with Gasteiger partial charge in [-0.15, -0.1) is 13.2 Å². The number of halogens is 4. The fourth-order valence-corrected chi connectivity index (χ4v) is 5.68. The van der Waals surface area contributed by atoms with Crippen LogP contribution in [0.15, 0.2) is 24.7 Å². The highest BCUT2D eigenvalue weighted by molar-refractivity contribution is 5.75. The molecule has 12 heteroatoms. The van der Waals surface area contributed by atoms with E-state index in [1.54, 1.807) is 11.8 Å². The van der Waals surface area contributed by atoms with E-state index in [0.29, 0.717) is 37.1 Å². The van der Waals surface area contributed by atoms with E-state index >= 15 is 0 Å². The molecule has 3 aliphatic rings. The predicted octanol–water partition coefficient (Wildman–Crippen LogP) is 3.69. The molecule has 35 heavy (non-hydrogen) atoms. The molecular weight excluding hydrogens is 468 g/mol. The summed E-state index contributed by atoms with van der Waals surface area (Å²) in [6.07, 6.45) is 1.35. The van der Waals surface area contributed by atoms with Crippen LogP contribution in [-0.2, 0) is 11.0 Å². The van der Waals surface area contributed by atoms with Gasteiger partial charge in [-0.3, -0.25) is 4.90 Å². The van der Waals surface area contributed by atoms with E-state index in [0.717, 1.165) is 64.0 Å². The molecule has 5 rings (SSSR count). The van der Waals surface area contributed by atoms with E-state index < -0.39 is 12.1 Å². The van der Waals surface area contributed by atoms with Gasteiger partial charge in [-0.2, -0.15) is 9.78 Å². The third-order valence-electron chi connectivity index (χ3n) is 7.37. The third-order valence-corrected chi connectivity index (χ3v) is 7.37. The van der Waals surface area contributed by atoms with Gasteiger partial charge in [-0.1, -0.05) is 0 Å². The molecule has 1 aliphatic carbocycles.